The number of rotatable bonds is 8. The fourth-order valence-corrected chi connectivity index (χ4v) is 2.95. The third kappa shape index (κ3) is 5.07. The van der Waals surface area contributed by atoms with Gasteiger partial charge in [-0.05, 0) is 51.6 Å². The van der Waals surface area contributed by atoms with Gasteiger partial charge in [-0.25, -0.2) is 13.1 Å². The molecule has 1 atom stereocenters. The molecule has 0 aliphatic heterocycles. The first-order chi connectivity index (χ1) is 9.88. The van der Waals surface area contributed by atoms with Crippen molar-refractivity contribution in [1.29, 1.82) is 0 Å². The predicted molar refractivity (Wildman–Crippen MR) is 84.6 cm³/mol. The molecule has 21 heavy (non-hydrogen) atoms. The van der Waals surface area contributed by atoms with E-state index in [4.69, 9.17) is 0 Å². The Morgan fingerprint density at radius 1 is 1.24 bits per heavy atom. The topological polar surface area (TPSA) is 61.4 Å². The maximum absolute atomic E-state index is 12.2. The lowest BCUT2D eigenvalue weighted by Crippen LogP contribution is -2.38. The standard InChI is InChI=1S/C15H25N3O2S/c1-12(18(2)3)10-17-21(19,20)15-8-4-13(5-9-15)11-16-14-6-7-14/h4-5,8-9,12,14,16-17H,6-7,10-11H2,1-3H3. The van der Waals surface area contributed by atoms with Crippen LogP contribution in [0.4, 0.5) is 0 Å². The summed E-state index contributed by atoms with van der Waals surface area (Å²) in [6, 6.07) is 7.90. The molecule has 2 rings (SSSR count). The number of nitrogens with one attached hydrogen (secondary N) is 2. The number of nitrogens with zero attached hydrogens (tertiary/aromatic N) is 1. The minimum Gasteiger partial charge on any atom is -0.310 e. The zero-order valence-electron chi connectivity index (χ0n) is 13.0. The van der Waals surface area contributed by atoms with Crippen LogP contribution in [0.5, 0.6) is 0 Å². The zero-order chi connectivity index (χ0) is 15.5. The van der Waals surface area contributed by atoms with Crippen molar-refractivity contribution in [3.05, 3.63) is 29.8 Å². The van der Waals surface area contributed by atoms with Gasteiger partial charge in [0.05, 0.1) is 4.90 Å². The van der Waals surface area contributed by atoms with Crippen LogP contribution in [0.3, 0.4) is 0 Å². The molecule has 2 N–H and O–H groups in total. The van der Waals surface area contributed by atoms with E-state index in [0.29, 0.717) is 17.5 Å². The molecule has 0 amide bonds. The zero-order valence-corrected chi connectivity index (χ0v) is 13.8. The van der Waals surface area contributed by atoms with Crippen LogP contribution in [0.2, 0.25) is 0 Å². The molecule has 1 aromatic carbocycles. The Balaban J connectivity index is 1.92. The highest BCUT2D eigenvalue weighted by Gasteiger charge is 2.20. The van der Waals surface area contributed by atoms with Gasteiger partial charge in [0.2, 0.25) is 10.0 Å². The van der Waals surface area contributed by atoms with Crippen molar-refractivity contribution >= 4 is 10.0 Å². The molecule has 1 saturated carbocycles. The number of hydrogen-bond donors (Lipinski definition) is 2. The predicted octanol–water partition coefficient (Wildman–Crippen LogP) is 1.17. The van der Waals surface area contributed by atoms with Crippen molar-refractivity contribution in [2.24, 2.45) is 0 Å². The van der Waals surface area contributed by atoms with Crippen LogP contribution >= 0.6 is 0 Å². The minimum atomic E-state index is -3.42. The summed E-state index contributed by atoms with van der Waals surface area (Å²) >= 11 is 0. The second kappa shape index (κ2) is 6.87. The van der Waals surface area contributed by atoms with Crippen LogP contribution in [0.15, 0.2) is 29.2 Å². The maximum atomic E-state index is 12.2. The SMILES string of the molecule is CC(CNS(=O)(=O)c1ccc(CNC2CC2)cc1)N(C)C. The van der Waals surface area contributed by atoms with Gasteiger partial charge in [0.25, 0.3) is 0 Å². The molecule has 0 aromatic heterocycles. The Labute approximate surface area is 127 Å². The second-order valence-electron chi connectivity index (χ2n) is 5.96. The van der Waals surface area contributed by atoms with Crippen molar-refractivity contribution in [2.75, 3.05) is 20.6 Å². The van der Waals surface area contributed by atoms with E-state index in [9.17, 15) is 8.42 Å². The fraction of sp³-hybridized carbons (Fsp3) is 0.600. The molecular formula is C15H25N3O2S. The summed E-state index contributed by atoms with van der Waals surface area (Å²) in [6.45, 7) is 3.19. The molecule has 1 aliphatic rings. The highest BCUT2D eigenvalue weighted by Crippen LogP contribution is 2.19. The van der Waals surface area contributed by atoms with E-state index in [-0.39, 0.29) is 6.04 Å². The molecule has 1 aliphatic carbocycles. The first-order valence-electron chi connectivity index (χ1n) is 7.37. The van der Waals surface area contributed by atoms with Crippen molar-refractivity contribution in [3.63, 3.8) is 0 Å². The summed E-state index contributed by atoms with van der Waals surface area (Å²) in [5.74, 6) is 0. The van der Waals surface area contributed by atoms with Gasteiger partial charge in [0.15, 0.2) is 0 Å². The van der Waals surface area contributed by atoms with E-state index in [2.05, 4.69) is 10.0 Å². The first kappa shape index (κ1) is 16.4. The Morgan fingerprint density at radius 2 is 1.86 bits per heavy atom. The Morgan fingerprint density at radius 3 is 2.38 bits per heavy atom. The van der Waals surface area contributed by atoms with Gasteiger partial charge < -0.3 is 10.2 Å². The van der Waals surface area contributed by atoms with Crippen LogP contribution in [-0.4, -0.2) is 46.0 Å². The molecule has 0 radical (unpaired) electrons. The van der Waals surface area contributed by atoms with Crippen molar-refractivity contribution < 1.29 is 8.42 Å². The van der Waals surface area contributed by atoms with E-state index < -0.39 is 10.0 Å². The van der Waals surface area contributed by atoms with Crippen molar-refractivity contribution in [1.82, 2.24) is 14.9 Å². The van der Waals surface area contributed by atoms with E-state index in [0.717, 1.165) is 12.1 Å². The highest BCUT2D eigenvalue weighted by molar-refractivity contribution is 7.89. The lowest BCUT2D eigenvalue weighted by atomic mass is 10.2. The van der Waals surface area contributed by atoms with Crippen LogP contribution in [0, 0.1) is 0 Å². The van der Waals surface area contributed by atoms with Crippen molar-refractivity contribution in [2.45, 2.75) is 43.3 Å². The lowest BCUT2D eigenvalue weighted by molar-refractivity contribution is 0.314. The first-order valence-corrected chi connectivity index (χ1v) is 8.85. The molecule has 0 saturated heterocycles. The van der Waals surface area contributed by atoms with Gasteiger partial charge >= 0.3 is 0 Å². The number of sulfonamides is 1. The molecule has 5 nitrogen and oxygen atoms in total. The summed E-state index contributed by atoms with van der Waals surface area (Å²) in [5.41, 5.74) is 1.11. The van der Waals surface area contributed by atoms with Gasteiger partial charge in [0, 0.05) is 25.2 Å². The fourth-order valence-electron chi connectivity index (χ4n) is 1.83. The molecular weight excluding hydrogens is 286 g/mol. The molecule has 0 heterocycles. The van der Waals surface area contributed by atoms with E-state index in [1.165, 1.54) is 12.8 Å². The summed E-state index contributed by atoms with van der Waals surface area (Å²) in [6.07, 6.45) is 2.50. The van der Waals surface area contributed by atoms with Crippen LogP contribution < -0.4 is 10.0 Å². The van der Waals surface area contributed by atoms with Crippen LogP contribution in [0.25, 0.3) is 0 Å². The van der Waals surface area contributed by atoms with Gasteiger partial charge in [-0.15, -0.1) is 0 Å². The molecule has 0 bridgehead atoms. The lowest BCUT2D eigenvalue weighted by Gasteiger charge is -2.20. The number of hydrogen-bond acceptors (Lipinski definition) is 4. The second-order valence-corrected chi connectivity index (χ2v) is 7.73. The van der Waals surface area contributed by atoms with Gasteiger partial charge in [-0.2, -0.15) is 0 Å². The van der Waals surface area contributed by atoms with E-state index >= 15 is 0 Å². The average molecular weight is 311 g/mol. The Kier molecular flexibility index (Phi) is 5.37. The van der Waals surface area contributed by atoms with Gasteiger partial charge in [-0.1, -0.05) is 12.1 Å². The third-order valence-electron chi connectivity index (χ3n) is 3.86. The maximum Gasteiger partial charge on any atom is 0.240 e. The smallest absolute Gasteiger partial charge is 0.240 e. The van der Waals surface area contributed by atoms with Crippen LogP contribution in [0.1, 0.15) is 25.3 Å². The summed E-state index contributed by atoms with van der Waals surface area (Å²) in [5, 5.41) is 3.41. The van der Waals surface area contributed by atoms with E-state index in [1.807, 2.05) is 38.1 Å². The Bertz CT molecular complexity index is 551. The summed E-state index contributed by atoms with van der Waals surface area (Å²) in [7, 11) is 0.441. The summed E-state index contributed by atoms with van der Waals surface area (Å²) in [4.78, 5) is 2.30. The van der Waals surface area contributed by atoms with Gasteiger partial charge in [0.1, 0.15) is 0 Å². The average Bonchev–Trinajstić information content (AvgIpc) is 3.27. The normalized spacial score (nSPS) is 17.1. The molecule has 0 spiro atoms. The third-order valence-corrected chi connectivity index (χ3v) is 5.30. The minimum absolute atomic E-state index is 0.154. The molecule has 1 aromatic rings. The molecule has 6 heteroatoms. The Hall–Kier alpha value is -0.950. The number of benzene rings is 1. The van der Waals surface area contributed by atoms with Gasteiger partial charge in [-0.3, -0.25) is 0 Å². The van der Waals surface area contributed by atoms with Crippen molar-refractivity contribution in [3.8, 4) is 0 Å². The van der Waals surface area contributed by atoms with E-state index in [1.54, 1.807) is 12.1 Å². The highest BCUT2D eigenvalue weighted by atomic mass is 32.2. The monoisotopic (exact) mass is 311 g/mol. The quantitative estimate of drug-likeness (QED) is 0.756. The number of likely N-dealkylation sites (N-methyl/N-ethyl adjacent to an activating group) is 1. The summed E-state index contributed by atoms with van der Waals surface area (Å²) < 4.78 is 27.1. The molecule has 1 fully saturated rings. The van der Waals surface area contributed by atoms with Crippen LogP contribution in [-0.2, 0) is 16.6 Å². The largest absolute Gasteiger partial charge is 0.310 e. The molecule has 118 valence electrons. The molecule has 1 unspecified atom stereocenters.